The van der Waals surface area contributed by atoms with Crippen molar-refractivity contribution in [2.45, 2.75) is 70.8 Å². The van der Waals surface area contributed by atoms with Crippen molar-refractivity contribution in [1.29, 1.82) is 0 Å². The Bertz CT molecular complexity index is 280. The Morgan fingerprint density at radius 1 is 1.06 bits per heavy atom. The fourth-order valence-corrected chi connectivity index (χ4v) is 2.14. The van der Waals surface area contributed by atoms with E-state index in [-0.39, 0.29) is 12.6 Å². The highest BCUT2D eigenvalue weighted by molar-refractivity contribution is 7.80. The second-order valence-electron chi connectivity index (χ2n) is 4.74. The van der Waals surface area contributed by atoms with Gasteiger partial charge in [-0.25, -0.2) is 4.18 Å². The Morgan fingerprint density at radius 2 is 1.56 bits per heavy atom. The van der Waals surface area contributed by atoms with Crippen molar-refractivity contribution in [3.63, 3.8) is 0 Å². The Balaban J connectivity index is 3.28. The summed E-state index contributed by atoms with van der Waals surface area (Å²) in [4.78, 5) is 0. The molecular weight excluding hydrogens is 254 g/mol. The largest absolute Gasteiger partial charge is 0.397 e. The van der Waals surface area contributed by atoms with E-state index < -0.39 is 10.4 Å². The van der Waals surface area contributed by atoms with Crippen LogP contribution in [0.15, 0.2) is 0 Å². The summed E-state index contributed by atoms with van der Waals surface area (Å²) < 4.78 is 33.2. The molecule has 0 radical (unpaired) electrons. The molecule has 5 nitrogen and oxygen atoms in total. The first kappa shape index (κ1) is 17.8. The van der Waals surface area contributed by atoms with Gasteiger partial charge in [0.25, 0.3) is 0 Å². The summed E-state index contributed by atoms with van der Waals surface area (Å²) in [5, 5.41) is 0. The Kier molecular flexibility index (Phi) is 10.6. The Morgan fingerprint density at radius 3 is 2.06 bits per heavy atom. The zero-order valence-electron chi connectivity index (χ0n) is 11.3. The summed E-state index contributed by atoms with van der Waals surface area (Å²) in [5.74, 6) is 0. The predicted octanol–water partition coefficient (Wildman–Crippen LogP) is 2.66. The van der Waals surface area contributed by atoms with E-state index in [0.717, 1.165) is 19.3 Å². The molecule has 0 spiro atoms. The van der Waals surface area contributed by atoms with Gasteiger partial charge in [-0.05, 0) is 6.42 Å². The lowest BCUT2D eigenvalue weighted by atomic mass is 10.1. The molecule has 0 aliphatic heterocycles. The first-order valence-corrected chi connectivity index (χ1v) is 8.19. The number of rotatable bonds is 12. The third kappa shape index (κ3) is 13.9. The molecular formula is C12H27NO4S. The van der Waals surface area contributed by atoms with Crippen LogP contribution in [0.1, 0.15) is 64.7 Å². The van der Waals surface area contributed by atoms with E-state index in [0.29, 0.717) is 0 Å². The van der Waals surface area contributed by atoms with Crippen LogP contribution in [0.5, 0.6) is 0 Å². The monoisotopic (exact) mass is 281 g/mol. The van der Waals surface area contributed by atoms with Gasteiger partial charge in [0, 0.05) is 6.04 Å². The molecule has 1 atom stereocenters. The average Bonchev–Trinajstić information content (AvgIpc) is 2.29. The SMILES string of the molecule is CCCCCCCCCCC(N)COS(=O)(=O)O. The van der Waals surface area contributed by atoms with E-state index in [2.05, 4.69) is 11.1 Å². The van der Waals surface area contributed by atoms with Crippen LogP contribution < -0.4 is 5.73 Å². The van der Waals surface area contributed by atoms with Crippen LogP contribution in [-0.4, -0.2) is 25.6 Å². The maximum absolute atomic E-state index is 10.3. The lowest BCUT2D eigenvalue weighted by molar-refractivity contribution is 0.244. The van der Waals surface area contributed by atoms with Gasteiger partial charge in [-0.3, -0.25) is 4.55 Å². The van der Waals surface area contributed by atoms with Crippen molar-refractivity contribution in [2.24, 2.45) is 5.73 Å². The van der Waals surface area contributed by atoms with Crippen molar-refractivity contribution >= 4 is 10.4 Å². The molecule has 0 amide bonds. The fourth-order valence-electron chi connectivity index (χ4n) is 1.80. The highest BCUT2D eigenvalue weighted by Gasteiger charge is 2.09. The maximum Gasteiger partial charge on any atom is 0.397 e. The minimum atomic E-state index is -4.35. The summed E-state index contributed by atoms with van der Waals surface area (Å²) in [7, 11) is -4.35. The molecule has 0 aromatic carbocycles. The van der Waals surface area contributed by atoms with E-state index in [1.165, 1.54) is 38.5 Å². The van der Waals surface area contributed by atoms with E-state index in [9.17, 15) is 8.42 Å². The van der Waals surface area contributed by atoms with Crippen LogP contribution in [0, 0.1) is 0 Å². The quantitative estimate of drug-likeness (QED) is 0.424. The van der Waals surface area contributed by atoms with Crippen LogP contribution >= 0.6 is 0 Å². The van der Waals surface area contributed by atoms with Crippen LogP contribution in [-0.2, 0) is 14.6 Å². The van der Waals surface area contributed by atoms with Gasteiger partial charge in [0.15, 0.2) is 0 Å². The zero-order chi connectivity index (χ0) is 13.9. The van der Waals surface area contributed by atoms with Crippen LogP contribution in [0.25, 0.3) is 0 Å². The van der Waals surface area contributed by atoms with Gasteiger partial charge >= 0.3 is 10.4 Å². The maximum atomic E-state index is 10.3. The van der Waals surface area contributed by atoms with Gasteiger partial charge in [0.05, 0.1) is 6.61 Å². The second kappa shape index (κ2) is 10.7. The van der Waals surface area contributed by atoms with E-state index in [1.807, 2.05) is 0 Å². The smallest absolute Gasteiger partial charge is 0.326 e. The lowest BCUT2D eigenvalue weighted by Crippen LogP contribution is -2.27. The first-order valence-electron chi connectivity index (χ1n) is 6.83. The molecule has 0 bridgehead atoms. The predicted molar refractivity (Wildman–Crippen MR) is 72.7 cm³/mol. The number of hydrogen-bond acceptors (Lipinski definition) is 4. The molecule has 0 fully saturated rings. The summed E-state index contributed by atoms with van der Waals surface area (Å²) in [6.07, 6.45) is 10.5. The fraction of sp³-hybridized carbons (Fsp3) is 1.00. The van der Waals surface area contributed by atoms with Crippen LogP contribution in [0.4, 0.5) is 0 Å². The second-order valence-corrected chi connectivity index (χ2v) is 5.83. The molecule has 18 heavy (non-hydrogen) atoms. The van der Waals surface area contributed by atoms with Gasteiger partial charge in [-0.1, -0.05) is 58.3 Å². The van der Waals surface area contributed by atoms with E-state index in [1.54, 1.807) is 0 Å². The molecule has 0 aliphatic rings. The summed E-state index contributed by atoms with van der Waals surface area (Å²) in [6.45, 7) is 2.06. The van der Waals surface area contributed by atoms with Gasteiger partial charge in [0.1, 0.15) is 0 Å². The van der Waals surface area contributed by atoms with Crippen molar-refractivity contribution in [1.82, 2.24) is 0 Å². The number of nitrogens with two attached hydrogens (primary N) is 1. The topological polar surface area (TPSA) is 89.6 Å². The molecule has 0 aliphatic carbocycles. The third-order valence-corrected chi connectivity index (χ3v) is 3.29. The molecule has 6 heteroatoms. The molecule has 0 saturated heterocycles. The van der Waals surface area contributed by atoms with E-state index in [4.69, 9.17) is 10.3 Å². The number of unbranched alkanes of at least 4 members (excludes halogenated alkanes) is 7. The van der Waals surface area contributed by atoms with Crippen molar-refractivity contribution < 1.29 is 17.2 Å². The summed E-state index contributed by atoms with van der Waals surface area (Å²) in [6, 6.07) is -0.327. The molecule has 0 aromatic heterocycles. The van der Waals surface area contributed by atoms with Crippen LogP contribution in [0.2, 0.25) is 0 Å². The van der Waals surface area contributed by atoms with Gasteiger partial charge in [-0.15, -0.1) is 0 Å². The minimum absolute atomic E-state index is 0.144. The standard InChI is InChI=1S/C12H27NO4S/c1-2-3-4-5-6-7-8-9-10-12(13)11-17-18(14,15)16/h12H,2-11,13H2,1H3,(H,14,15,16). The normalized spacial score (nSPS) is 13.7. The number of hydrogen-bond donors (Lipinski definition) is 2. The third-order valence-electron chi connectivity index (χ3n) is 2.86. The van der Waals surface area contributed by atoms with E-state index >= 15 is 0 Å². The highest BCUT2D eigenvalue weighted by atomic mass is 32.3. The average molecular weight is 281 g/mol. The molecule has 3 N–H and O–H groups in total. The first-order chi connectivity index (χ1) is 8.45. The molecule has 0 saturated carbocycles. The van der Waals surface area contributed by atoms with Crippen LogP contribution in [0.3, 0.4) is 0 Å². The van der Waals surface area contributed by atoms with Crippen molar-refractivity contribution in [3.8, 4) is 0 Å². The zero-order valence-corrected chi connectivity index (χ0v) is 12.1. The van der Waals surface area contributed by atoms with Crippen molar-refractivity contribution in [2.75, 3.05) is 6.61 Å². The molecule has 1 unspecified atom stereocenters. The molecule has 0 heterocycles. The van der Waals surface area contributed by atoms with Crippen molar-refractivity contribution in [3.05, 3.63) is 0 Å². The summed E-state index contributed by atoms with van der Waals surface area (Å²) >= 11 is 0. The van der Waals surface area contributed by atoms with Gasteiger partial charge in [0.2, 0.25) is 0 Å². The minimum Gasteiger partial charge on any atom is -0.326 e. The lowest BCUT2D eigenvalue weighted by Gasteiger charge is -2.10. The molecule has 0 rings (SSSR count). The van der Waals surface area contributed by atoms with Gasteiger partial charge < -0.3 is 5.73 Å². The summed E-state index contributed by atoms with van der Waals surface area (Å²) in [5.41, 5.74) is 5.66. The Hall–Kier alpha value is -0.170. The van der Waals surface area contributed by atoms with Gasteiger partial charge in [-0.2, -0.15) is 8.42 Å². The molecule has 0 aromatic rings. The Labute approximate surface area is 111 Å². The molecule has 110 valence electrons. The highest BCUT2D eigenvalue weighted by Crippen LogP contribution is 2.10.